The third kappa shape index (κ3) is 1.72. The second-order valence-corrected chi connectivity index (χ2v) is 5.09. The Hall–Kier alpha value is -1.39. The van der Waals surface area contributed by atoms with Crippen LogP contribution in [0.2, 0.25) is 5.02 Å². The smallest absolute Gasteiger partial charge is 0.261 e. The molecule has 1 aromatic carbocycles. The van der Waals surface area contributed by atoms with Crippen molar-refractivity contribution in [2.24, 2.45) is 0 Å². The summed E-state index contributed by atoms with van der Waals surface area (Å²) >= 11 is 5.88. The molecule has 2 aliphatic heterocycles. The molecule has 1 aromatic rings. The third-order valence-corrected chi connectivity index (χ3v) is 3.79. The highest BCUT2D eigenvalue weighted by atomic mass is 35.5. The maximum Gasteiger partial charge on any atom is 0.261 e. The minimum atomic E-state index is -0.204. The predicted molar refractivity (Wildman–Crippen MR) is 67.8 cm³/mol. The van der Waals surface area contributed by atoms with Gasteiger partial charge in [-0.15, -0.1) is 0 Å². The molecular formula is C13H13ClN2O2. The Kier molecular flexibility index (Phi) is 2.84. The standard InChI is InChI=1S/C13H13ClN2O2/c14-8-1-2-10-11(7-8)13(18)16(12(10)17)9-3-5-15-6-4-9/h1-2,7,9,15H,3-6H2. The van der Waals surface area contributed by atoms with Gasteiger partial charge in [-0.1, -0.05) is 11.6 Å². The van der Waals surface area contributed by atoms with E-state index in [2.05, 4.69) is 5.32 Å². The first-order valence-corrected chi connectivity index (χ1v) is 6.44. The molecule has 2 aliphatic rings. The number of rotatable bonds is 1. The summed E-state index contributed by atoms with van der Waals surface area (Å²) < 4.78 is 0. The van der Waals surface area contributed by atoms with Gasteiger partial charge in [0.2, 0.25) is 0 Å². The van der Waals surface area contributed by atoms with Gasteiger partial charge in [0.05, 0.1) is 11.1 Å². The van der Waals surface area contributed by atoms with E-state index in [0.717, 1.165) is 25.9 Å². The van der Waals surface area contributed by atoms with Crippen molar-refractivity contribution in [1.82, 2.24) is 10.2 Å². The average Bonchev–Trinajstić information content (AvgIpc) is 2.63. The molecule has 3 rings (SSSR count). The molecule has 0 aromatic heterocycles. The molecule has 1 saturated heterocycles. The monoisotopic (exact) mass is 264 g/mol. The van der Waals surface area contributed by atoms with E-state index in [-0.39, 0.29) is 17.9 Å². The summed E-state index contributed by atoms with van der Waals surface area (Å²) in [4.78, 5) is 25.9. The highest BCUT2D eigenvalue weighted by Crippen LogP contribution is 2.29. The lowest BCUT2D eigenvalue weighted by Gasteiger charge is -2.29. The van der Waals surface area contributed by atoms with Crippen molar-refractivity contribution in [2.75, 3.05) is 13.1 Å². The van der Waals surface area contributed by atoms with Crippen molar-refractivity contribution >= 4 is 23.4 Å². The second-order valence-electron chi connectivity index (χ2n) is 4.65. The lowest BCUT2D eigenvalue weighted by atomic mass is 10.1. The molecule has 0 spiro atoms. The van der Waals surface area contributed by atoms with E-state index in [9.17, 15) is 9.59 Å². The molecule has 0 radical (unpaired) electrons. The molecule has 2 amide bonds. The molecule has 0 bridgehead atoms. The molecule has 0 unspecified atom stereocenters. The van der Waals surface area contributed by atoms with Gasteiger partial charge < -0.3 is 5.32 Å². The number of nitrogens with one attached hydrogen (secondary N) is 1. The maximum atomic E-state index is 12.3. The van der Waals surface area contributed by atoms with E-state index in [0.29, 0.717) is 16.1 Å². The molecule has 5 heteroatoms. The van der Waals surface area contributed by atoms with Gasteiger partial charge in [0.25, 0.3) is 11.8 Å². The minimum Gasteiger partial charge on any atom is -0.317 e. The van der Waals surface area contributed by atoms with Crippen molar-refractivity contribution in [2.45, 2.75) is 18.9 Å². The summed E-state index contributed by atoms with van der Waals surface area (Å²) in [7, 11) is 0. The van der Waals surface area contributed by atoms with Crippen LogP contribution in [0.5, 0.6) is 0 Å². The van der Waals surface area contributed by atoms with Crippen molar-refractivity contribution in [3.63, 3.8) is 0 Å². The highest BCUT2D eigenvalue weighted by Gasteiger charge is 2.40. The van der Waals surface area contributed by atoms with Crippen LogP contribution in [0, 0.1) is 0 Å². The van der Waals surface area contributed by atoms with Crippen molar-refractivity contribution in [1.29, 1.82) is 0 Å². The number of carbonyl (C=O) groups is 2. The van der Waals surface area contributed by atoms with Crippen LogP contribution in [-0.2, 0) is 0 Å². The number of halogens is 1. The van der Waals surface area contributed by atoms with Crippen LogP contribution < -0.4 is 5.32 Å². The van der Waals surface area contributed by atoms with Crippen molar-refractivity contribution < 1.29 is 9.59 Å². The quantitative estimate of drug-likeness (QED) is 0.786. The van der Waals surface area contributed by atoms with Crippen LogP contribution in [0.15, 0.2) is 18.2 Å². The first-order valence-electron chi connectivity index (χ1n) is 6.06. The molecular weight excluding hydrogens is 252 g/mol. The van der Waals surface area contributed by atoms with Crippen LogP contribution in [-0.4, -0.2) is 35.8 Å². The van der Waals surface area contributed by atoms with Crippen LogP contribution >= 0.6 is 11.6 Å². The van der Waals surface area contributed by atoms with Gasteiger partial charge in [-0.25, -0.2) is 0 Å². The fourth-order valence-corrected chi connectivity index (χ4v) is 2.80. The molecule has 0 atom stereocenters. The van der Waals surface area contributed by atoms with Gasteiger partial charge in [0.1, 0.15) is 0 Å². The number of nitrogens with zero attached hydrogens (tertiary/aromatic N) is 1. The Morgan fingerprint density at radius 2 is 1.78 bits per heavy atom. The second kappa shape index (κ2) is 4.37. The number of amides is 2. The Labute approximate surface area is 110 Å². The third-order valence-electron chi connectivity index (χ3n) is 3.55. The molecule has 2 heterocycles. The number of fused-ring (bicyclic) bond motifs is 1. The summed E-state index contributed by atoms with van der Waals surface area (Å²) in [5, 5.41) is 3.72. The van der Waals surface area contributed by atoms with Crippen LogP contribution in [0.3, 0.4) is 0 Å². The average molecular weight is 265 g/mol. The molecule has 0 aliphatic carbocycles. The van der Waals surface area contributed by atoms with Crippen LogP contribution in [0.4, 0.5) is 0 Å². The van der Waals surface area contributed by atoms with Crippen LogP contribution in [0.25, 0.3) is 0 Å². The van der Waals surface area contributed by atoms with E-state index < -0.39 is 0 Å². The lowest BCUT2D eigenvalue weighted by molar-refractivity contribution is 0.0556. The van der Waals surface area contributed by atoms with E-state index >= 15 is 0 Å². The molecule has 4 nitrogen and oxygen atoms in total. The Morgan fingerprint density at radius 1 is 1.11 bits per heavy atom. The van der Waals surface area contributed by atoms with E-state index in [4.69, 9.17) is 11.6 Å². The fourth-order valence-electron chi connectivity index (χ4n) is 2.63. The van der Waals surface area contributed by atoms with E-state index in [1.807, 2.05) is 0 Å². The summed E-state index contributed by atoms with van der Waals surface area (Å²) in [6.07, 6.45) is 1.64. The van der Waals surface area contributed by atoms with Gasteiger partial charge in [0, 0.05) is 11.1 Å². The van der Waals surface area contributed by atoms with Gasteiger partial charge in [0.15, 0.2) is 0 Å². The highest BCUT2D eigenvalue weighted by molar-refractivity contribution is 6.32. The predicted octanol–water partition coefficient (Wildman–Crippen LogP) is 1.69. The molecule has 18 heavy (non-hydrogen) atoms. The molecule has 94 valence electrons. The lowest BCUT2D eigenvalue weighted by Crippen LogP contribution is -2.45. The van der Waals surface area contributed by atoms with Gasteiger partial charge in [-0.3, -0.25) is 14.5 Å². The van der Waals surface area contributed by atoms with Crippen molar-refractivity contribution in [3.8, 4) is 0 Å². The van der Waals surface area contributed by atoms with E-state index in [1.54, 1.807) is 18.2 Å². The van der Waals surface area contributed by atoms with Gasteiger partial charge in [-0.05, 0) is 44.1 Å². The van der Waals surface area contributed by atoms with Gasteiger partial charge >= 0.3 is 0 Å². The maximum absolute atomic E-state index is 12.3. The van der Waals surface area contributed by atoms with Gasteiger partial charge in [-0.2, -0.15) is 0 Å². The Bertz CT molecular complexity index is 524. The Morgan fingerprint density at radius 3 is 2.50 bits per heavy atom. The topological polar surface area (TPSA) is 49.4 Å². The number of benzene rings is 1. The zero-order valence-electron chi connectivity index (χ0n) is 9.78. The van der Waals surface area contributed by atoms with Crippen LogP contribution in [0.1, 0.15) is 33.6 Å². The summed E-state index contributed by atoms with van der Waals surface area (Å²) in [5.74, 6) is -0.386. The fraction of sp³-hybridized carbons (Fsp3) is 0.385. The molecule has 1 N–H and O–H groups in total. The summed E-state index contributed by atoms with van der Waals surface area (Å²) in [5.41, 5.74) is 0.911. The number of imide groups is 1. The Balaban J connectivity index is 1.96. The SMILES string of the molecule is O=C1c2ccc(Cl)cc2C(=O)N1C1CCNCC1. The number of carbonyl (C=O) groups excluding carboxylic acids is 2. The minimum absolute atomic E-state index is 0.0115. The summed E-state index contributed by atoms with van der Waals surface area (Å²) in [6.45, 7) is 1.69. The number of hydrogen-bond acceptors (Lipinski definition) is 3. The zero-order valence-corrected chi connectivity index (χ0v) is 10.5. The first-order chi connectivity index (χ1) is 8.68. The normalized spacial score (nSPS) is 20.4. The molecule has 1 fully saturated rings. The largest absolute Gasteiger partial charge is 0.317 e. The zero-order chi connectivity index (χ0) is 12.7. The van der Waals surface area contributed by atoms with E-state index in [1.165, 1.54) is 4.90 Å². The summed E-state index contributed by atoms with van der Waals surface area (Å²) in [6, 6.07) is 4.88. The van der Waals surface area contributed by atoms with Crippen molar-refractivity contribution in [3.05, 3.63) is 34.3 Å². The number of hydrogen-bond donors (Lipinski definition) is 1. The molecule has 0 saturated carbocycles. The first kappa shape index (κ1) is 11.7. The number of piperidine rings is 1.